The van der Waals surface area contributed by atoms with Crippen molar-refractivity contribution < 1.29 is 9.59 Å². The van der Waals surface area contributed by atoms with E-state index >= 15 is 0 Å². The van der Waals surface area contributed by atoms with Crippen LogP contribution in [0.4, 0.5) is 0 Å². The molecule has 2 amide bonds. The number of benzene rings is 3. The van der Waals surface area contributed by atoms with Gasteiger partial charge in [-0.3, -0.25) is 14.5 Å². The van der Waals surface area contributed by atoms with Crippen molar-refractivity contribution in [3.05, 3.63) is 107 Å². The van der Waals surface area contributed by atoms with E-state index in [1.54, 1.807) is 29.2 Å². The zero-order valence-electron chi connectivity index (χ0n) is 22.6. The fourth-order valence-corrected chi connectivity index (χ4v) is 5.00. The van der Waals surface area contributed by atoms with Crippen molar-refractivity contribution in [2.75, 3.05) is 0 Å². The second-order valence-electron chi connectivity index (χ2n) is 10.6. The molecule has 1 aliphatic rings. The minimum absolute atomic E-state index is 0.0382. The van der Waals surface area contributed by atoms with Crippen LogP contribution in [0.1, 0.15) is 54.5 Å². The molecular formula is C32H35N5O2. The highest BCUT2D eigenvalue weighted by Crippen LogP contribution is 2.34. The van der Waals surface area contributed by atoms with Crippen molar-refractivity contribution in [3.63, 3.8) is 0 Å². The number of nitriles is 1. The minimum atomic E-state index is -0.840. The van der Waals surface area contributed by atoms with E-state index in [9.17, 15) is 9.59 Å². The van der Waals surface area contributed by atoms with Crippen molar-refractivity contribution in [1.29, 1.82) is 5.26 Å². The van der Waals surface area contributed by atoms with E-state index in [-0.39, 0.29) is 24.2 Å². The number of nitrogens with one attached hydrogen (secondary N) is 1. The molecule has 1 heterocycles. The molecule has 0 aliphatic carbocycles. The molecule has 0 bridgehead atoms. The molecule has 39 heavy (non-hydrogen) atoms. The zero-order valence-corrected chi connectivity index (χ0v) is 22.6. The summed E-state index contributed by atoms with van der Waals surface area (Å²) < 4.78 is 0. The lowest BCUT2D eigenvalue weighted by Crippen LogP contribution is -2.44. The summed E-state index contributed by atoms with van der Waals surface area (Å²) in [5.74, 6) is 0.441. The maximum absolute atomic E-state index is 13.7. The Kier molecular flexibility index (Phi) is 8.77. The van der Waals surface area contributed by atoms with Crippen molar-refractivity contribution >= 4 is 17.8 Å². The molecule has 0 saturated carbocycles. The number of hydrogen-bond donors (Lipinski definition) is 2. The molecule has 1 atom stereocenters. The van der Waals surface area contributed by atoms with Crippen LogP contribution in [-0.4, -0.2) is 28.2 Å². The fourth-order valence-electron chi connectivity index (χ4n) is 5.00. The molecule has 3 aromatic carbocycles. The van der Waals surface area contributed by atoms with Crippen molar-refractivity contribution in [1.82, 2.24) is 10.2 Å². The third kappa shape index (κ3) is 7.11. The Morgan fingerprint density at radius 2 is 1.62 bits per heavy atom. The largest absolute Gasteiger partial charge is 0.369 e. The first-order valence-corrected chi connectivity index (χ1v) is 13.3. The maximum Gasteiger partial charge on any atom is 0.257 e. The van der Waals surface area contributed by atoms with Gasteiger partial charge in [0.15, 0.2) is 5.96 Å². The Morgan fingerprint density at radius 1 is 0.974 bits per heavy atom. The Balaban J connectivity index is 1.34. The third-order valence-electron chi connectivity index (χ3n) is 6.97. The second-order valence-corrected chi connectivity index (χ2v) is 10.6. The lowest BCUT2D eigenvalue weighted by molar-refractivity contribution is -0.132. The summed E-state index contributed by atoms with van der Waals surface area (Å²) in [6, 6.07) is 27.0. The van der Waals surface area contributed by atoms with Crippen LogP contribution >= 0.6 is 0 Å². The van der Waals surface area contributed by atoms with Gasteiger partial charge in [-0.15, -0.1) is 0 Å². The van der Waals surface area contributed by atoms with Gasteiger partial charge in [0.25, 0.3) is 5.91 Å². The Hall–Kier alpha value is -4.44. The summed E-state index contributed by atoms with van der Waals surface area (Å²) in [7, 11) is 0. The highest BCUT2D eigenvalue weighted by Gasteiger charge is 2.47. The van der Waals surface area contributed by atoms with Gasteiger partial charge in [-0.25, -0.2) is 4.99 Å². The number of rotatable bonds is 11. The topological polar surface area (TPSA) is 112 Å². The predicted molar refractivity (Wildman–Crippen MR) is 152 cm³/mol. The maximum atomic E-state index is 13.7. The molecule has 0 aromatic heterocycles. The first-order valence-electron chi connectivity index (χ1n) is 13.3. The molecule has 200 valence electrons. The summed E-state index contributed by atoms with van der Waals surface area (Å²) in [5, 5.41) is 11.8. The van der Waals surface area contributed by atoms with E-state index in [4.69, 9.17) is 16.0 Å². The summed E-state index contributed by atoms with van der Waals surface area (Å²) in [6.45, 7) is 4.96. The summed E-state index contributed by atoms with van der Waals surface area (Å²) >= 11 is 0. The van der Waals surface area contributed by atoms with E-state index in [0.717, 1.165) is 23.1 Å². The zero-order chi connectivity index (χ0) is 27.8. The van der Waals surface area contributed by atoms with Crippen LogP contribution in [0.2, 0.25) is 0 Å². The van der Waals surface area contributed by atoms with Crippen LogP contribution in [0.5, 0.6) is 0 Å². The molecule has 0 spiro atoms. The van der Waals surface area contributed by atoms with Gasteiger partial charge in [-0.1, -0.05) is 80.6 Å². The first kappa shape index (κ1) is 27.6. The fraction of sp³-hybridized carbons (Fsp3) is 0.312. The number of amides is 2. The average molecular weight is 522 g/mol. The lowest BCUT2D eigenvalue weighted by atomic mass is 9.83. The summed E-state index contributed by atoms with van der Waals surface area (Å²) in [4.78, 5) is 32.4. The molecule has 7 nitrogen and oxygen atoms in total. The smallest absolute Gasteiger partial charge is 0.257 e. The second kappa shape index (κ2) is 12.4. The minimum Gasteiger partial charge on any atom is -0.369 e. The predicted octanol–water partition coefficient (Wildman–Crippen LogP) is 4.49. The summed E-state index contributed by atoms with van der Waals surface area (Å²) in [5.41, 5.74) is 9.98. The van der Waals surface area contributed by atoms with Crippen LogP contribution in [-0.2, 0) is 35.5 Å². The number of hydrogen-bond acceptors (Lipinski definition) is 5. The Labute approximate surface area is 230 Å². The van der Waals surface area contributed by atoms with Crippen LogP contribution < -0.4 is 11.1 Å². The van der Waals surface area contributed by atoms with E-state index in [1.807, 2.05) is 42.5 Å². The monoisotopic (exact) mass is 521 g/mol. The van der Waals surface area contributed by atoms with Gasteiger partial charge in [0.2, 0.25) is 5.91 Å². The van der Waals surface area contributed by atoms with E-state index in [1.165, 1.54) is 5.56 Å². The molecule has 4 rings (SSSR count). The van der Waals surface area contributed by atoms with Crippen LogP contribution in [0, 0.1) is 17.2 Å². The van der Waals surface area contributed by atoms with Gasteiger partial charge >= 0.3 is 0 Å². The molecule has 0 radical (unpaired) electrons. The molecule has 7 heteroatoms. The van der Waals surface area contributed by atoms with Crippen molar-refractivity contribution in [2.45, 2.75) is 58.2 Å². The van der Waals surface area contributed by atoms with Crippen molar-refractivity contribution in [2.24, 2.45) is 16.6 Å². The number of aryl methyl sites for hydroxylation is 1. The van der Waals surface area contributed by atoms with Gasteiger partial charge in [0.05, 0.1) is 24.6 Å². The summed E-state index contributed by atoms with van der Waals surface area (Å²) in [6.07, 6.45) is 2.28. The lowest BCUT2D eigenvalue weighted by Gasteiger charge is -2.28. The van der Waals surface area contributed by atoms with Crippen molar-refractivity contribution in [3.8, 4) is 6.07 Å². The third-order valence-corrected chi connectivity index (χ3v) is 6.97. The molecular weight excluding hydrogens is 486 g/mol. The van der Waals surface area contributed by atoms with Gasteiger partial charge in [-0.05, 0) is 59.6 Å². The Bertz CT molecular complexity index is 1360. The Morgan fingerprint density at radius 3 is 2.26 bits per heavy atom. The van der Waals surface area contributed by atoms with E-state index in [2.05, 4.69) is 37.4 Å². The standard InChI is InChI=1S/C32H35N5O2/c1-23(2)19-32(17-16-24-6-4-3-5-7-24)30(39)37(31(34)36-32)22-28-14-12-27(13-15-28)21-35-29(38)18-25-8-10-26(20-33)11-9-25/h3-15,23H,16-19,21-22H2,1-2H3,(H2,34,36)(H,35,38). The van der Waals surface area contributed by atoms with Crippen LogP contribution in [0.3, 0.4) is 0 Å². The SMILES string of the molecule is CC(C)CC1(CCc2ccccc2)N=C(N)N(Cc2ccc(CNC(=O)Cc3ccc(C#N)cc3)cc2)C1=O. The van der Waals surface area contributed by atoms with Crippen LogP contribution in [0.15, 0.2) is 83.9 Å². The molecule has 3 N–H and O–H groups in total. The number of nitrogens with zero attached hydrogens (tertiary/aromatic N) is 3. The quantitative estimate of drug-likeness (QED) is 0.387. The number of nitrogens with two attached hydrogens (primary N) is 1. The van der Waals surface area contributed by atoms with Crippen LogP contribution in [0.25, 0.3) is 0 Å². The highest BCUT2D eigenvalue weighted by atomic mass is 16.2. The first-order chi connectivity index (χ1) is 18.8. The van der Waals surface area contributed by atoms with Gasteiger partial charge in [-0.2, -0.15) is 5.26 Å². The molecule has 0 saturated heterocycles. The number of guanidine groups is 1. The van der Waals surface area contributed by atoms with Gasteiger partial charge < -0.3 is 11.1 Å². The highest BCUT2D eigenvalue weighted by molar-refractivity contribution is 6.06. The van der Waals surface area contributed by atoms with Gasteiger partial charge in [0.1, 0.15) is 5.54 Å². The van der Waals surface area contributed by atoms with E-state index < -0.39 is 5.54 Å². The number of aliphatic imine (C=N–C) groups is 1. The number of carbonyl (C=O) groups excluding carboxylic acids is 2. The van der Waals surface area contributed by atoms with Gasteiger partial charge in [0, 0.05) is 6.54 Å². The average Bonchev–Trinajstić information content (AvgIpc) is 3.16. The van der Waals surface area contributed by atoms with E-state index in [0.29, 0.717) is 37.4 Å². The number of carbonyl (C=O) groups is 2. The molecule has 0 fully saturated rings. The molecule has 3 aromatic rings. The normalized spacial score (nSPS) is 16.7. The molecule has 1 unspecified atom stereocenters. The molecule has 1 aliphatic heterocycles.